The maximum Gasteiger partial charge on any atom is 0.271 e. The molecule has 2 saturated heterocycles. The Balaban J connectivity index is 1.39. The lowest BCUT2D eigenvalue weighted by molar-refractivity contribution is -0.131. The third-order valence-corrected chi connectivity index (χ3v) is 8.15. The molecule has 2 aliphatic heterocycles. The van der Waals surface area contributed by atoms with Gasteiger partial charge < -0.3 is 31.0 Å². The van der Waals surface area contributed by atoms with Crippen LogP contribution in [0.5, 0.6) is 5.75 Å². The minimum atomic E-state index is -0.972. The molecule has 0 radical (unpaired) electrons. The molecule has 1 aliphatic carbocycles. The molecule has 0 bridgehead atoms. The molecule has 192 valence electrons. The number of ether oxygens (including phenoxy) is 1. The van der Waals surface area contributed by atoms with E-state index in [9.17, 15) is 19.2 Å². The predicted molar refractivity (Wildman–Crippen MR) is 132 cm³/mol. The number of aromatic amines is 1. The van der Waals surface area contributed by atoms with Crippen molar-refractivity contribution in [2.24, 2.45) is 17.1 Å². The summed E-state index contributed by atoms with van der Waals surface area (Å²) in [6.07, 6.45) is 5.36. The summed E-state index contributed by atoms with van der Waals surface area (Å²) in [4.78, 5) is 56.3. The van der Waals surface area contributed by atoms with E-state index in [1.54, 1.807) is 18.1 Å². The number of carbonyl (C=O) groups is 4. The van der Waals surface area contributed by atoms with Crippen LogP contribution < -0.4 is 21.1 Å². The van der Waals surface area contributed by atoms with Gasteiger partial charge in [0, 0.05) is 29.9 Å². The number of rotatable bonds is 7. The molecule has 4 amide bonds. The van der Waals surface area contributed by atoms with E-state index in [2.05, 4.69) is 15.6 Å². The Morgan fingerprint density at radius 1 is 1.28 bits per heavy atom. The molecule has 5 N–H and O–H groups in total. The average Bonchev–Trinajstić information content (AvgIpc) is 3.65. The van der Waals surface area contributed by atoms with Gasteiger partial charge in [-0.1, -0.05) is 18.9 Å². The Morgan fingerprint density at radius 2 is 2.06 bits per heavy atom. The average molecular weight is 496 g/mol. The van der Waals surface area contributed by atoms with Gasteiger partial charge in [0.1, 0.15) is 23.5 Å². The third-order valence-electron chi connectivity index (χ3n) is 8.15. The smallest absolute Gasteiger partial charge is 0.271 e. The lowest BCUT2D eigenvalue weighted by Gasteiger charge is -2.26. The number of hydrogen-bond donors (Lipinski definition) is 4. The molecule has 10 heteroatoms. The van der Waals surface area contributed by atoms with Gasteiger partial charge in [-0.15, -0.1) is 0 Å². The Morgan fingerprint density at radius 3 is 2.72 bits per heavy atom. The molecular weight excluding hydrogens is 462 g/mol. The van der Waals surface area contributed by atoms with Gasteiger partial charge in [0.25, 0.3) is 5.91 Å². The summed E-state index contributed by atoms with van der Waals surface area (Å²) in [5, 5.41) is 6.32. The molecule has 3 fully saturated rings. The molecule has 3 atom stereocenters. The van der Waals surface area contributed by atoms with Crippen LogP contribution >= 0.6 is 0 Å². The van der Waals surface area contributed by atoms with Crippen molar-refractivity contribution in [1.29, 1.82) is 0 Å². The monoisotopic (exact) mass is 495 g/mol. The van der Waals surface area contributed by atoms with Crippen LogP contribution in [-0.4, -0.2) is 65.8 Å². The van der Waals surface area contributed by atoms with Crippen molar-refractivity contribution in [3.8, 4) is 5.75 Å². The minimum absolute atomic E-state index is 0.102. The van der Waals surface area contributed by atoms with Crippen molar-refractivity contribution >= 4 is 34.5 Å². The Kier molecular flexibility index (Phi) is 6.36. The van der Waals surface area contributed by atoms with Crippen molar-refractivity contribution in [3.63, 3.8) is 0 Å². The summed E-state index contributed by atoms with van der Waals surface area (Å²) in [6.45, 7) is 1.04. The first-order chi connectivity index (χ1) is 17.3. The largest absolute Gasteiger partial charge is 0.496 e. The van der Waals surface area contributed by atoms with E-state index in [0.29, 0.717) is 37.4 Å². The number of nitrogens with one attached hydrogen (secondary N) is 3. The second kappa shape index (κ2) is 9.48. The number of likely N-dealkylation sites (tertiary alicyclic amines) is 1. The number of nitrogens with two attached hydrogens (primary N) is 1. The molecule has 5 rings (SSSR count). The van der Waals surface area contributed by atoms with E-state index in [4.69, 9.17) is 10.5 Å². The van der Waals surface area contributed by atoms with Crippen molar-refractivity contribution < 1.29 is 23.9 Å². The highest BCUT2D eigenvalue weighted by atomic mass is 16.5. The first-order valence-electron chi connectivity index (χ1n) is 12.6. The van der Waals surface area contributed by atoms with Gasteiger partial charge in [0.05, 0.1) is 7.11 Å². The fourth-order valence-electron chi connectivity index (χ4n) is 6.24. The fourth-order valence-corrected chi connectivity index (χ4v) is 6.24. The van der Waals surface area contributed by atoms with Gasteiger partial charge in [0.2, 0.25) is 17.7 Å². The highest BCUT2D eigenvalue weighted by molar-refractivity contribution is 6.02. The molecule has 2 aromatic rings. The maximum atomic E-state index is 13.7. The molecule has 1 aromatic carbocycles. The van der Waals surface area contributed by atoms with E-state index in [0.717, 1.165) is 36.6 Å². The first kappa shape index (κ1) is 24.1. The molecular formula is C26H33N5O5. The topological polar surface area (TPSA) is 147 Å². The van der Waals surface area contributed by atoms with Gasteiger partial charge in [-0.05, 0) is 55.7 Å². The zero-order valence-electron chi connectivity index (χ0n) is 20.5. The second-order valence-electron chi connectivity index (χ2n) is 10.4. The van der Waals surface area contributed by atoms with Crippen LogP contribution in [0.25, 0.3) is 10.9 Å². The van der Waals surface area contributed by atoms with Gasteiger partial charge in [0.15, 0.2) is 0 Å². The number of primary amides is 1. The van der Waals surface area contributed by atoms with E-state index >= 15 is 0 Å². The lowest BCUT2D eigenvalue weighted by Crippen LogP contribution is -2.53. The van der Waals surface area contributed by atoms with Crippen molar-refractivity contribution in [1.82, 2.24) is 20.5 Å². The summed E-state index contributed by atoms with van der Waals surface area (Å²) in [5.41, 5.74) is 6.65. The number of H-pyrrole nitrogens is 1. The van der Waals surface area contributed by atoms with E-state index in [1.807, 2.05) is 18.2 Å². The standard InChI is InChI=1S/C26H33N5O5/c1-36-21-6-4-5-17-16(21)12-19(29-17)25(35)31-14-26(8-2-3-9-26)13-20(31)24(34)30-18(22(27)32)11-15-7-10-28-23(15)33/h4-6,12,15,18,20,29H,2-3,7-11,13-14H2,1H3,(H2,27,32)(H,28,33)(H,30,34)/t15-,18-,20?/m0/s1. The van der Waals surface area contributed by atoms with E-state index in [1.165, 1.54) is 0 Å². The zero-order chi connectivity index (χ0) is 25.4. The van der Waals surface area contributed by atoms with Crippen LogP contribution in [0, 0.1) is 11.3 Å². The van der Waals surface area contributed by atoms with Crippen LogP contribution in [-0.2, 0) is 14.4 Å². The molecule has 36 heavy (non-hydrogen) atoms. The van der Waals surface area contributed by atoms with Gasteiger partial charge in [-0.3, -0.25) is 19.2 Å². The molecule has 3 aliphatic rings. The maximum absolute atomic E-state index is 13.7. The zero-order valence-corrected chi connectivity index (χ0v) is 20.5. The first-order valence-corrected chi connectivity index (χ1v) is 12.6. The number of nitrogens with zero attached hydrogens (tertiary/aromatic N) is 1. The molecule has 3 heterocycles. The highest BCUT2D eigenvalue weighted by Crippen LogP contribution is 2.48. The summed E-state index contributed by atoms with van der Waals surface area (Å²) in [7, 11) is 1.58. The van der Waals surface area contributed by atoms with Crippen LogP contribution in [0.4, 0.5) is 0 Å². The number of aromatic nitrogens is 1. The summed E-state index contributed by atoms with van der Waals surface area (Å²) in [6, 6.07) is 5.62. The van der Waals surface area contributed by atoms with Gasteiger partial charge in [-0.2, -0.15) is 0 Å². The Bertz CT molecular complexity index is 1200. The normalized spacial score (nSPS) is 23.7. The number of carbonyl (C=O) groups excluding carboxylic acids is 4. The van der Waals surface area contributed by atoms with Crippen molar-refractivity contribution in [2.75, 3.05) is 20.2 Å². The predicted octanol–water partition coefficient (Wildman–Crippen LogP) is 1.45. The molecule has 10 nitrogen and oxygen atoms in total. The van der Waals surface area contributed by atoms with Crippen LogP contribution in [0.3, 0.4) is 0 Å². The minimum Gasteiger partial charge on any atom is -0.496 e. The second-order valence-corrected chi connectivity index (χ2v) is 10.4. The molecule has 1 aromatic heterocycles. The van der Waals surface area contributed by atoms with Crippen molar-refractivity contribution in [2.45, 2.75) is 57.0 Å². The van der Waals surface area contributed by atoms with Crippen LogP contribution in [0.2, 0.25) is 0 Å². The van der Waals surface area contributed by atoms with E-state index in [-0.39, 0.29) is 29.6 Å². The van der Waals surface area contributed by atoms with E-state index < -0.39 is 23.9 Å². The van der Waals surface area contributed by atoms with Crippen LogP contribution in [0.1, 0.15) is 55.4 Å². The lowest BCUT2D eigenvalue weighted by atomic mass is 9.84. The number of hydrogen-bond acceptors (Lipinski definition) is 5. The number of fused-ring (bicyclic) bond motifs is 1. The van der Waals surface area contributed by atoms with Crippen molar-refractivity contribution in [3.05, 3.63) is 30.0 Å². The highest BCUT2D eigenvalue weighted by Gasteiger charge is 2.50. The summed E-state index contributed by atoms with van der Waals surface area (Å²) < 4.78 is 5.43. The molecule has 1 spiro atoms. The van der Waals surface area contributed by atoms with Crippen LogP contribution in [0.15, 0.2) is 24.3 Å². The van der Waals surface area contributed by atoms with Gasteiger partial charge >= 0.3 is 0 Å². The molecule has 1 unspecified atom stereocenters. The Labute approximate surface area is 209 Å². The SMILES string of the molecule is COc1cccc2[nH]c(C(=O)N3CC4(CCCC4)CC3C(=O)N[C@@H](C[C@@H]3CCNC3=O)C(N)=O)cc12. The number of benzene rings is 1. The number of amides is 4. The third kappa shape index (κ3) is 4.40. The quantitative estimate of drug-likeness (QED) is 0.459. The number of methoxy groups -OCH3 is 1. The molecule has 1 saturated carbocycles. The summed E-state index contributed by atoms with van der Waals surface area (Å²) >= 11 is 0. The fraction of sp³-hybridized carbons (Fsp3) is 0.538. The van der Waals surface area contributed by atoms with Gasteiger partial charge in [-0.25, -0.2) is 0 Å². The summed E-state index contributed by atoms with van der Waals surface area (Å²) in [5.74, 6) is -1.19. The Hall–Kier alpha value is -3.56.